The van der Waals surface area contributed by atoms with E-state index in [0.717, 1.165) is 0 Å². The SMILES string of the molecule is O=C1OC(/C=C/c2cccc(Cl)c2Cl)=NC/1=C\c1ccco1. The third-order valence-corrected chi connectivity index (χ3v) is 3.68. The summed E-state index contributed by atoms with van der Waals surface area (Å²) >= 11 is 12.0. The van der Waals surface area contributed by atoms with Crippen LogP contribution in [-0.4, -0.2) is 11.9 Å². The van der Waals surface area contributed by atoms with E-state index in [9.17, 15) is 4.79 Å². The molecule has 0 amide bonds. The molecule has 0 aliphatic carbocycles. The summed E-state index contributed by atoms with van der Waals surface area (Å²) in [6, 6.07) is 8.70. The summed E-state index contributed by atoms with van der Waals surface area (Å²) in [4.78, 5) is 15.8. The number of benzene rings is 1. The van der Waals surface area contributed by atoms with Crippen LogP contribution in [0.2, 0.25) is 10.0 Å². The van der Waals surface area contributed by atoms with E-state index in [0.29, 0.717) is 21.4 Å². The second-order valence-electron chi connectivity index (χ2n) is 4.36. The largest absolute Gasteiger partial charge is 0.465 e. The molecule has 1 aromatic heterocycles. The van der Waals surface area contributed by atoms with Crippen LogP contribution in [0.15, 0.2) is 57.8 Å². The molecule has 6 heteroatoms. The van der Waals surface area contributed by atoms with Gasteiger partial charge in [-0.25, -0.2) is 9.79 Å². The van der Waals surface area contributed by atoms with E-state index in [1.165, 1.54) is 12.3 Å². The van der Waals surface area contributed by atoms with Crippen LogP contribution in [0.5, 0.6) is 0 Å². The number of furan rings is 1. The molecule has 0 N–H and O–H groups in total. The lowest BCUT2D eigenvalue weighted by Crippen LogP contribution is -2.01. The zero-order valence-corrected chi connectivity index (χ0v) is 12.6. The zero-order chi connectivity index (χ0) is 15.5. The highest BCUT2D eigenvalue weighted by molar-refractivity contribution is 6.42. The normalized spacial score (nSPS) is 16.4. The van der Waals surface area contributed by atoms with Gasteiger partial charge < -0.3 is 9.15 Å². The Morgan fingerprint density at radius 3 is 2.73 bits per heavy atom. The summed E-state index contributed by atoms with van der Waals surface area (Å²) in [6.45, 7) is 0. The van der Waals surface area contributed by atoms with E-state index in [1.54, 1.807) is 42.5 Å². The van der Waals surface area contributed by atoms with Crippen LogP contribution >= 0.6 is 23.2 Å². The Morgan fingerprint density at radius 2 is 1.95 bits per heavy atom. The molecule has 0 unspecified atom stereocenters. The first-order chi connectivity index (χ1) is 10.6. The number of aliphatic imine (C=N–C) groups is 1. The summed E-state index contributed by atoms with van der Waals surface area (Å²) < 4.78 is 10.2. The molecule has 1 aliphatic rings. The van der Waals surface area contributed by atoms with Crippen molar-refractivity contribution in [3.05, 3.63) is 69.7 Å². The van der Waals surface area contributed by atoms with Gasteiger partial charge in [-0.05, 0) is 29.8 Å². The summed E-state index contributed by atoms with van der Waals surface area (Å²) in [6.07, 6.45) is 6.25. The van der Waals surface area contributed by atoms with Crippen molar-refractivity contribution in [2.75, 3.05) is 0 Å². The first-order valence-corrected chi connectivity index (χ1v) is 7.07. The second-order valence-corrected chi connectivity index (χ2v) is 5.15. The van der Waals surface area contributed by atoms with Gasteiger partial charge in [-0.1, -0.05) is 35.3 Å². The quantitative estimate of drug-likeness (QED) is 0.609. The molecule has 110 valence electrons. The van der Waals surface area contributed by atoms with Gasteiger partial charge in [0, 0.05) is 12.2 Å². The topological polar surface area (TPSA) is 51.8 Å². The molecule has 0 radical (unpaired) electrons. The minimum absolute atomic E-state index is 0.173. The van der Waals surface area contributed by atoms with Gasteiger partial charge in [0.05, 0.1) is 16.3 Å². The average Bonchev–Trinajstić information content (AvgIpc) is 3.12. The molecule has 0 atom stereocenters. The van der Waals surface area contributed by atoms with Crippen molar-refractivity contribution in [2.45, 2.75) is 0 Å². The van der Waals surface area contributed by atoms with Crippen LogP contribution in [0.3, 0.4) is 0 Å². The zero-order valence-electron chi connectivity index (χ0n) is 11.1. The summed E-state index contributed by atoms with van der Waals surface area (Å²) in [7, 11) is 0. The number of hydrogen-bond donors (Lipinski definition) is 0. The first-order valence-electron chi connectivity index (χ1n) is 6.31. The Bertz CT molecular complexity index is 805. The molecule has 2 heterocycles. The Labute approximate surface area is 136 Å². The molecule has 0 spiro atoms. The van der Waals surface area contributed by atoms with E-state index in [4.69, 9.17) is 32.4 Å². The van der Waals surface area contributed by atoms with E-state index < -0.39 is 5.97 Å². The number of ether oxygens (including phenoxy) is 1. The number of carbonyl (C=O) groups is 1. The van der Waals surface area contributed by atoms with Crippen LogP contribution in [0, 0.1) is 0 Å². The van der Waals surface area contributed by atoms with Gasteiger partial charge >= 0.3 is 5.97 Å². The highest BCUT2D eigenvalue weighted by Gasteiger charge is 2.21. The second kappa shape index (κ2) is 6.22. The van der Waals surface area contributed by atoms with Crippen molar-refractivity contribution in [3.8, 4) is 0 Å². The fraction of sp³-hybridized carbons (Fsp3) is 0. The molecule has 3 rings (SSSR count). The van der Waals surface area contributed by atoms with Gasteiger partial charge in [-0.3, -0.25) is 0 Å². The molecule has 4 nitrogen and oxygen atoms in total. The Kier molecular flexibility index (Phi) is 4.13. The summed E-state index contributed by atoms with van der Waals surface area (Å²) in [5, 5.41) is 0.879. The van der Waals surface area contributed by atoms with Gasteiger partial charge in [-0.2, -0.15) is 0 Å². The number of hydrogen-bond acceptors (Lipinski definition) is 4. The van der Waals surface area contributed by atoms with Gasteiger partial charge in [0.25, 0.3) is 0 Å². The maximum absolute atomic E-state index is 11.7. The molecule has 0 bridgehead atoms. The average molecular weight is 334 g/mol. The van der Waals surface area contributed by atoms with Gasteiger partial charge in [0.1, 0.15) is 5.76 Å². The molecule has 0 fully saturated rings. The lowest BCUT2D eigenvalue weighted by atomic mass is 10.2. The van der Waals surface area contributed by atoms with Crippen LogP contribution in [0.4, 0.5) is 0 Å². The molecule has 2 aromatic rings. The van der Waals surface area contributed by atoms with Crippen LogP contribution in [0.1, 0.15) is 11.3 Å². The standard InChI is InChI=1S/C16H9Cl2NO3/c17-12-5-1-3-10(15(12)18)6-7-14-19-13(16(20)22-14)9-11-4-2-8-21-11/h1-9H/b7-6+,13-9-. The van der Waals surface area contributed by atoms with Gasteiger partial charge in [0.2, 0.25) is 5.90 Å². The number of halogens is 2. The number of carbonyl (C=O) groups excluding carboxylic acids is 1. The van der Waals surface area contributed by atoms with E-state index in [1.807, 2.05) is 0 Å². The minimum Gasteiger partial charge on any atom is -0.465 e. The highest BCUT2D eigenvalue weighted by atomic mass is 35.5. The Morgan fingerprint density at radius 1 is 1.09 bits per heavy atom. The monoisotopic (exact) mass is 333 g/mol. The lowest BCUT2D eigenvalue weighted by Gasteiger charge is -1.99. The van der Waals surface area contributed by atoms with Crippen molar-refractivity contribution < 1.29 is 13.9 Å². The predicted molar refractivity (Wildman–Crippen MR) is 85.7 cm³/mol. The number of nitrogens with zero attached hydrogens (tertiary/aromatic N) is 1. The number of esters is 1. The predicted octanol–water partition coefficient (Wildman–Crippen LogP) is 4.60. The van der Waals surface area contributed by atoms with Crippen LogP contribution in [-0.2, 0) is 9.53 Å². The van der Waals surface area contributed by atoms with Gasteiger partial charge in [-0.15, -0.1) is 0 Å². The highest BCUT2D eigenvalue weighted by Crippen LogP contribution is 2.26. The van der Waals surface area contributed by atoms with Crippen molar-refractivity contribution in [1.29, 1.82) is 0 Å². The smallest absolute Gasteiger partial charge is 0.363 e. The Hall–Kier alpha value is -2.30. The van der Waals surface area contributed by atoms with Gasteiger partial charge in [0.15, 0.2) is 5.70 Å². The summed E-state index contributed by atoms with van der Waals surface area (Å²) in [5.74, 6) is 0.172. The molecule has 1 aliphatic heterocycles. The maximum Gasteiger partial charge on any atom is 0.363 e. The van der Waals surface area contributed by atoms with Crippen LogP contribution < -0.4 is 0 Å². The van der Waals surface area contributed by atoms with Crippen molar-refractivity contribution >= 4 is 47.2 Å². The molecule has 22 heavy (non-hydrogen) atoms. The van der Waals surface area contributed by atoms with E-state index >= 15 is 0 Å². The summed E-state index contributed by atoms with van der Waals surface area (Å²) in [5.41, 5.74) is 0.878. The van der Waals surface area contributed by atoms with E-state index in [-0.39, 0.29) is 11.6 Å². The van der Waals surface area contributed by atoms with E-state index in [2.05, 4.69) is 4.99 Å². The minimum atomic E-state index is -0.534. The molecular weight excluding hydrogens is 325 g/mol. The number of cyclic esters (lactones) is 1. The van der Waals surface area contributed by atoms with Crippen LogP contribution in [0.25, 0.3) is 12.2 Å². The Balaban J connectivity index is 1.83. The molecule has 0 saturated heterocycles. The first kappa shape index (κ1) is 14.6. The number of rotatable bonds is 3. The lowest BCUT2D eigenvalue weighted by molar-refractivity contribution is -0.129. The van der Waals surface area contributed by atoms with Crippen molar-refractivity contribution in [3.63, 3.8) is 0 Å². The molecule has 0 saturated carbocycles. The fourth-order valence-electron chi connectivity index (χ4n) is 1.82. The third kappa shape index (κ3) is 3.13. The fourth-order valence-corrected chi connectivity index (χ4v) is 2.19. The molecular formula is C16H9Cl2NO3. The third-order valence-electron chi connectivity index (χ3n) is 2.85. The maximum atomic E-state index is 11.7. The van der Waals surface area contributed by atoms with Crippen molar-refractivity contribution in [2.24, 2.45) is 4.99 Å². The molecule has 1 aromatic carbocycles. The van der Waals surface area contributed by atoms with Crippen molar-refractivity contribution in [1.82, 2.24) is 0 Å².